The first kappa shape index (κ1) is 14.8. The number of imidazole rings is 1. The summed E-state index contributed by atoms with van der Waals surface area (Å²) in [4.78, 5) is 20.1. The van der Waals surface area contributed by atoms with Gasteiger partial charge in [0, 0.05) is 25.1 Å². The first-order valence-corrected chi connectivity index (χ1v) is 7.30. The number of pyridine rings is 1. The summed E-state index contributed by atoms with van der Waals surface area (Å²) in [6.07, 6.45) is 6.89. The largest absolute Gasteiger partial charge is 0.331 e. The third-order valence-corrected chi connectivity index (χ3v) is 3.32. The summed E-state index contributed by atoms with van der Waals surface area (Å²) in [6.45, 7) is 1.08. The van der Waals surface area contributed by atoms with Crippen molar-refractivity contribution in [3.05, 3.63) is 78.6 Å². The Morgan fingerprint density at radius 3 is 2.74 bits per heavy atom. The Labute approximate surface area is 134 Å². The number of urea groups is 1. The van der Waals surface area contributed by atoms with Gasteiger partial charge in [0.25, 0.3) is 0 Å². The van der Waals surface area contributed by atoms with Crippen LogP contribution in [0.25, 0.3) is 0 Å². The Balaban J connectivity index is 1.57. The summed E-state index contributed by atoms with van der Waals surface area (Å²) in [6, 6.07) is 13.4. The van der Waals surface area contributed by atoms with Crippen molar-refractivity contribution in [2.75, 3.05) is 5.32 Å². The van der Waals surface area contributed by atoms with Crippen molar-refractivity contribution in [3.63, 3.8) is 0 Å². The second-order valence-corrected chi connectivity index (χ2v) is 5.01. The van der Waals surface area contributed by atoms with Crippen LogP contribution in [0.4, 0.5) is 10.5 Å². The van der Waals surface area contributed by atoms with E-state index >= 15 is 0 Å². The molecule has 0 fully saturated rings. The highest BCUT2D eigenvalue weighted by Gasteiger charge is 2.06. The number of anilines is 1. The van der Waals surface area contributed by atoms with Crippen LogP contribution in [0.1, 0.15) is 11.4 Å². The summed E-state index contributed by atoms with van der Waals surface area (Å²) in [5.74, 6) is 0.801. The van der Waals surface area contributed by atoms with E-state index in [4.69, 9.17) is 0 Å². The molecule has 1 aromatic carbocycles. The quantitative estimate of drug-likeness (QED) is 0.761. The van der Waals surface area contributed by atoms with E-state index < -0.39 is 0 Å². The molecule has 0 bridgehead atoms. The van der Waals surface area contributed by atoms with Gasteiger partial charge in [0.05, 0.1) is 18.4 Å². The topological polar surface area (TPSA) is 71.8 Å². The molecule has 0 saturated carbocycles. The number of amides is 2. The SMILES string of the molecule is O=C(NCc1nccn1Cc1ccccc1)Nc1cccnc1. The fraction of sp³-hybridized carbons (Fsp3) is 0.118. The molecule has 2 amide bonds. The number of rotatable bonds is 5. The molecule has 116 valence electrons. The fourth-order valence-corrected chi connectivity index (χ4v) is 2.20. The molecule has 2 aromatic heterocycles. The number of carbonyl (C=O) groups excluding carboxylic acids is 1. The molecule has 0 spiro atoms. The molecule has 6 heteroatoms. The maximum atomic E-state index is 11.9. The lowest BCUT2D eigenvalue weighted by Crippen LogP contribution is -2.29. The van der Waals surface area contributed by atoms with E-state index in [1.54, 1.807) is 30.7 Å². The second kappa shape index (κ2) is 7.22. The van der Waals surface area contributed by atoms with Gasteiger partial charge in [-0.25, -0.2) is 9.78 Å². The first-order valence-electron chi connectivity index (χ1n) is 7.30. The van der Waals surface area contributed by atoms with Gasteiger partial charge in [-0.1, -0.05) is 30.3 Å². The Bertz CT molecular complexity index is 755. The van der Waals surface area contributed by atoms with Crippen molar-refractivity contribution >= 4 is 11.7 Å². The van der Waals surface area contributed by atoms with Crippen LogP contribution in [0.15, 0.2) is 67.3 Å². The summed E-state index contributed by atoms with van der Waals surface area (Å²) >= 11 is 0. The van der Waals surface area contributed by atoms with Gasteiger partial charge >= 0.3 is 6.03 Å². The summed E-state index contributed by atoms with van der Waals surface area (Å²) < 4.78 is 2.01. The molecule has 0 atom stereocenters. The van der Waals surface area contributed by atoms with Gasteiger partial charge in [0.15, 0.2) is 0 Å². The van der Waals surface area contributed by atoms with E-state index in [0.29, 0.717) is 12.2 Å². The first-order chi connectivity index (χ1) is 11.3. The fourth-order valence-electron chi connectivity index (χ4n) is 2.20. The van der Waals surface area contributed by atoms with Gasteiger partial charge in [-0.3, -0.25) is 4.98 Å². The Kier molecular flexibility index (Phi) is 4.63. The number of benzene rings is 1. The van der Waals surface area contributed by atoms with Crippen LogP contribution in [0, 0.1) is 0 Å². The maximum Gasteiger partial charge on any atom is 0.319 e. The van der Waals surface area contributed by atoms with Crippen LogP contribution < -0.4 is 10.6 Å². The monoisotopic (exact) mass is 307 g/mol. The van der Waals surface area contributed by atoms with E-state index in [9.17, 15) is 4.79 Å². The molecule has 0 radical (unpaired) electrons. The van der Waals surface area contributed by atoms with Crippen molar-refractivity contribution in [3.8, 4) is 0 Å². The van der Waals surface area contributed by atoms with Crippen molar-refractivity contribution in [2.45, 2.75) is 13.1 Å². The molecule has 0 aliphatic rings. The molecule has 6 nitrogen and oxygen atoms in total. The Morgan fingerprint density at radius 2 is 1.96 bits per heavy atom. The lowest BCUT2D eigenvalue weighted by molar-refractivity contribution is 0.251. The minimum atomic E-state index is -0.285. The molecular weight excluding hydrogens is 290 g/mol. The Morgan fingerprint density at radius 1 is 1.09 bits per heavy atom. The van der Waals surface area contributed by atoms with Gasteiger partial charge in [0.1, 0.15) is 5.82 Å². The van der Waals surface area contributed by atoms with Crippen LogP contribution >= 0.6 is 0 Å². The minimum Gasteiger partial charge on any atom is -0.331 e. The number of nitrogens with zero attached hydrogens (tertiary/aromatic N) is 3. The summed E-state index contributed by atoms with van der Waals surface area (Å²) in [7, 11) is 0. The van der Waals surface area contributed by atoms with Crippen LogP contribution in [-0.2, 0) is 13.1 Å². The number of aromatic nitrogens is 3. The average Bonchev–Trinajstić information content (AvgIpc) is 3.02. The second-order valence-electron chi connectivity index (χ2n) is 5.01. The minimum absolute atomic E-state index is 0.285. The van der Waals surface area contributed by atoms with E-state index in [1.165, 1.54) is 5.56 Å². The highest BCUT2D eigenvalue weighted by molar-refractivity contribution is 5.88. The molecule has 3 rings (SSSR count). The van der Waals surface area contributed by atoms with E-state index in [2.05, 4.69) is 32.7 Å². The number of hydrogen-bond donors (Lipinski definition) is 2. The molecule has 0 aliphatic heterocycles. The van der Waals surface area contributed by atoms with Crippen LogP contribution in [0.3, 0.4) is 0 Å². The summed E-state index contributed by atoms with van der Waals surface area (Å²) in [5.41, 5.74) is 1.84. The zero-order valence-electron chi connectivity index (χ0n) is 12.5. The van der Waals surface area contributed by atoms with Crippen molar-refractivity contribution in [1.82, 2.24) is 19.9 Å². The zero-order valence-corrected chi connectivity index (χ0v) is 12.5. The lowest BCUT2D eigenvalue weighted by Gasteiger charge is -2.10. The third-order valence-electron chi connectivity index (χ3n) is 3.32. The molecule has 0 unspecified atom stereocenters. The van der Waals surface area contributed by atoms with Crippen molar-refractivity contribution in [2.24, 2.45) is 0 Å². The molecule has 0 aliphatic carbocycles. The van der Waals surface area contributed by atoms with Gasteiger partial charge in [-0.05, 0) is 17.7 Å². The maximum absolute atomic E-state index is 11.9. The number of carbonyl (C=O) groups is 1. The van der Waals surface area contributed by atoms with Gasteiger partial charge in [0.2, 0.25) is 0 Å². The van der Waals surface area contributed by atoms with E-state index in [-0.39, 0.29) is 6.03 Å². The van der Waals surface area contributed by atoms with Crippen molar-refractivity contribution in [1.29, 1.82) is 0 Å². The molecule has 23 heavy (non-hydrogen) atoms. The van der Waals surface area contributed by atoms with Gasteiger partial charge in [-0.2, -0.15) is 0 Å². The van der Waals surface area contributed by atoms with Crippen LogP contribution in [0.5, 0.6) is 0 Å². The Hall–Kier alpha value is -3.15. The molecule has 2 N–H and O–H groups in total. The van der Waals surface area contributed by atoms with E-state index in [1.807, 2.05) is 29.0 Å². The molecular formula is C17H17N5O. The predicted molar refractivity (Wildman–Crippen MR) is 87.9 cm³/mol. The predicted octanol–water partition coefficient (Wildman–Crippen LogP) is 2.65. The highest BCUT2D eigenvalue weighted by atomic mass is 16.2. The molecule has 2 heterocycles. The van der Waals surface area contributed by atoms with E-state index in [0.717, 1.165) is 12.4 Å². The number of hydrogen-bond acceptors (Lipinski definition) is 3. The standard InChI is InChI=1S/C17H17N5O/c23-17(21-15-7-4-8-18-11-15)20-12-16-19-9-10-22(16)13-14-5-2-1-3-6-14/h1-11H,12-13H2,(H2,20,21,23). The lowest BCUT2D eigenvalue weighted by atomic mass is 10.2. The normalized spacial score (nSPS) is 10.3. The zero-order chi connectivity index (χ0) is 15.9. The summed E-state index contributed by atoms with van der Waals surface area (Å²) in [5, 5.41) is 5.52. The molecule has 3 aromatic rings. The molecule has 0 saturated heterocycles. The smallest absolute Gasteiger partial charge is 0.319 e. The van der Waals surface area contributed by atoms with Crippen LogP contribution in [0.2, 0.25) is 0 Å². The van der Waals surface area contributed by atoms with Gasteiger partial charge in [-0.15, -0.1) is 0 Å². The average molecular weight is 307 g/mol. The third kappa shape index (κ3) is 4.16. The van der Waals surface area contributed by atoms with Gasteiger partial charge < -0.3 is 15.2 Å². The van der Waals surface area contributed by atoms with Crippen LogP contribution in [-0.4, -0.2) is 20.6 Å². The highest BCUT2D eigenvalue weighted by Crippen LogP contribution is 2.06. The number of nitrogens with one attached hydrogen (secondary N) is 2. The van der Waals surface area contributed by atoms with Crippen molar-refractivity contribution < 1.29 is 4.79 Å².